The predicted molar refractivity (Wildman–Crippen MR) is 72.9 cm³/mol. The Bertz CT molecular complexity index is 300. The molecule has 0 bridgehead atoms. The normalized spacial score (nSPS) is 34.3. The van der Waals surface area contributed by atoms with Crippen molar-refractivity contribution in [2.75, 3.05) is 19.8 Å². The molecule has 0 amide bonds. The number of ether oxygens (including phenoxy) is 2. The Hall–Kier alpha value is -0.160. The van der Waals surface area contributed by atoms with Crippen LogP contribution < -0.4 is 0 Å². The maximum Gasteiger partial charge on any atom is 0.170 e. The smallest absolute Gasteiger partial charge is 0.170 e. The first-order valence-corrected chi connectivity index (χ1v) is 7.96. The van der Waals surface area contributed by atoms with Crippen LogP contribution in [0.25, 0.3) is 0 Å². The first-order chi connectivity index (χ1) is 9.24. The van der Waals surface area contributed by atoms with E-state index < -0.39 is 0 Å². The third-order valence-electron chi connectivity index (χ3n) is 4.81. The van der Waals surface area contributed by atoms with Gasteiger partial charge in [-0.1, -0.05) is 13.3 Å². The molecule has 4 heteroatoms. The summed E-state index contributed by atoms with van der Waals surface area (Å²) in [5.74, 6) is -0.386. The van der Waals surface area contributed by atoms with Crippen molar-refractivity contribution in [1.82, 2.24) is 4.90 Å². The van der Waals surface area contributed by atoms with Gasteiger partial charge in [-0.25, -0.2) is 0 Å². The standard InChI is InChI=1S/C15H27NO3/c1-2-3-8-16(12-4-5-12)13-11-15(7-6-14(13)17)18-9-10-19-15/h12-14,17H,2-11H2,1H3. The number of unbranched alkanes of at least 4 members (excludes halogenated alkanes) is 1. The fraction of sp³-hybridized carbons (Fsp3) is 1.00. The van der Waals surface area contributed by atoms with Crippen molar-refractivity contribution in [2.24, 2.45) is 0 Å². The number of nitrogens with zero attached hydrogens (tertiary/aromatic N) is 1. The molecule has 1 aliphatic heterocycles. The molecule has 2 unspecified atom stereocenters. The van der Waals surface area contributed by atoms with Gasteiger partial charge in [-0.15, -0.1) is 0 Å². The fourth-order valence-electron chi connectivity index (χ4n) is 3.58. The zero-order valence-corrected chi connectivity index (χ0v) is 12.0. The first kappa shape index (κ1) is 13.8. The van der Waals surface area contributed by atoms with Crippen LogP contribution in [0.4, 0.5) is 0 Å². The number of aliphatic hydroxyl groups is 1. The van der Waals surface area contributed by atoms with Gasteiger partial charge in [-0.3, -0.25) is 4.90 Å². The number of hydrogen-bond acceptors (Lipinski definition) is 4. The lowest BCUT2D eigenvalue weighted by molar-refractivity contribution is -0.205. The summed E-state index contributed by atoms with van der Waals surface area (Å²) in [6, 6.07) is 0.925. The Morgan fingerprint density at radius 1 is 1.21 bits per heavy atom. The number of rotatable bonds is 5. The molecular weight excluding hydrogens is 242 g/mol. The first-order valence-electron chi connectivity index (χ1n) is 7.96. The maximum absolute atomic E-state index is 10.4. The molecule has 110 valence electrons. The van der Waals surface area contributed by atoms with Crippen LogP contribution in [0.15, 0.2) is 0 Å². The van der Waals surface area contributed by atoms with E-state index in [9.17, 15) is 5.11 Å². The van der Waals surface area contributed by atoms with Crippen molar-refractivity contribution in [1.29, 1.82) is 0 Å². The SMILES string of the molecule is CCCCN(C1CC1)C1CC2(CCC1O)OCCO2. The van der Waals surface area contributed by atoms with Crippen LogP contribution in [-0.2, 0) is 9.47 Å². The second-order valence-electron chi connectivity index (χ2n) is 6.31. The molecular formula is C15H27NO3. The second kappa shape index (κ2) is 5.68. The zero-order valence-electron chi connectivity index (χ0n) is 12.0. The average molecular weight is 269 g/mol. The Labute approximate surface area is 116 Å². The van der Waals surface area contributed by atoms with Gasteiger partial charge in [0.25, 0.3) is 0 Å². The lowest BCUT2D eigenvalue weighted by Gasteiger charge is -2.44. The van der Waals surface area contributed by atoms with Gasteiger partial charge in [0, 0.05) is 24.9 Å². The van der Waals surface area contributed by atoms with Gasteiger partial charge in [0.05, 0.1) is 19.3 Å². The monoisotopic (exact) mass is 269 g/mol. The summed E-state index contributed by atoms with van der Waals surface area (Å²) < 4.78 is 11.7. The summed E-state index contributed by atoms with van der Waals surface area (Å²) in [6.07, 6.45) is 7.30. The van der Waals surface area contributed by atoms with Crippen LogP contribution >= 0.6 is 0 Å². The van der Waals surface area contributed by atoms with Crippen LogP contribution in [0, 0.1) is 0 Å². The van der Waals surface area contributed by atoms with E-state index in [1.165, 1.54) is 25.7 Å². The molecule has 4 nitrogen and oxygen atoms in total. The largest absolute Gasteiger partial charge is 0.391 e. The van der Waals surface area contributed by atoms with Crippen molar-refractivity contribution in [3.63, 3.8) is 0 Å². The van der Waals surface area contributed by atoms with E-state index in [4.69, 9.17) is 9.47 Å². The van der Waals surface area contributed by atoms with Gasteiger partial charge in [0.15, 0.2) is 5.79 Å². The highest BCUT2D eigenvalue weighted by Gasteiger charge is 2.48. The molecule has 0 aromatic carbocycles. The van der Waals surface area contributed by atoms with E-state index in [1.807, 2.05) is 0 Å². The third kappa shape index (κ3) is 2.97. The summed E-state index contributed by atoms with van der Waals surface area (Å²) in [5, 5.41) is 10.4. The van der Waals surface area contributed by atoms with Gasteiger partial charge >= 0.3 is 0 Å². The molecule has 1 N–H and O–H groups in total. The van der Waals surface area contributed by atoms with E-state index in [2.05, 4.69) is 11.8 Å². The maximum atomic E-state index is 10.4. The minimum absolute atomic E-state index is 0.212. The quantitative estimate of drug-likeness (QED) is 0.828. The predicted octanol–water partition coefficient (Wildman–Crippen LogP) is 1.91. The van der Waals surface area contributed by atoms with E-state index in [0.29, 0.717) is 19.3 Å². The molecule has 2 atom stereocenters. The molecule has 2 aliphatic carbocycles. The summed E-state index contributed by atoms with van der Waals surface area (Å²) in [4.78, 5) is 2.54. The van der Waals surface area contributed by atoms with Crippen LogP contribution in [0.1, 0.15) is 51.9 Å². The summed E-state index contributed by atoms with van der Waals surface area (Å²) in [5.41, 5.74) is 0. The minimum atomic E-state index is -0.386. The third-order valence-corrected chi connectivity index (χ3v) is 4.81. The van der Waals surface area contributed by atoms with Gasteiger partial charge in [0.1, 0.15) is 0 Å². The van der Waals surface area contributed by atoms with Gasteiger partial charge in [-0.05, 0) is 32.2 Å². The lowest BCUT2D eigenvalue weighted by atomic mass is 9.86. The average Bonchev–Trinajstić information content (AvgIpc) is 3.15. The highest BCUT2D eigenvalue weighted by molar-refractivity contribution is 4.97. The zero-order chi connectivity index (χ0) is 13.3. The summed E-state index contributed by atoms with van der Waals surface area (Å²) in [6.45, 7) is 4.76. The minimum Gasteiger partial charge on any atom is -0.391 e. The van der Waals surface area contributed by atoms with E-state index in [-0.39, 0.29) is 17.9 Å². The molecule has 1 saturated heterocycles. The Morgan fingerprint density at radius 3 is 2.58 bits per heavy atom. The molecule has 0 aromatic heterocycles. The fourth-order valence-corrected chi connectivity index (χ4v) is 3.58. The van der Waals surface area contributed by atoms with Crippen LogP contribution in [-0.4, -0.2) is 53.7 Å². The lowest BCUT2D eigenvalue weighted by Crippen LogP contribution is -2.54. The van der Waals surface area contributed by atoms with Crippen LogP contribution in [0.2, 0.25) is 0 Å². The topological polar surface area (TPSA) is 41.9 Å². The summed E-state index contributed by atoms with van der Waals surface area (Å²) in [7, 11) is 0. The van der Waals surface area contributed by atoms with Crippen LogP contribution in [0.3, 0.4) is 0 Å². The molecule has 3 rings (SSSR count). The van der Waals surface area contributed by atoms with Gasteiger partial charge < -0.3 is 14.6 Å². The van der Waals surface area contributed by atoms with Gasteiger partial charge in [-0.2, -0.15) is 0 Å². The van der Waals surface area contributed by atoms with Crippen molar-refractivity contribution >= 4 is 0 Å². The van der Waals surface area contributed by atoms with E-state index in [0.717, 1.165) is 25.8 Å². The van der Waals surface area contributed by atoms with Crippen LogP contribution in [0.5, 0.6) is 0 Å². The van der Waals surface area contributed by atoms with Crippen molar-refractivity contribution < 1.29 is 14.6 Å². The molecule has 0 aromatic rings. The number of hydrogen-bond donors (Lipinski definition) is 1. The molecule has 1 spiro atoms. The van der Waals surface area contributed by atoms with Crippen molar-refractivity contribution in [2.45, 2.75) is 75.8 Å². The molecule has 19 heavy (non-hydrogen) atoms. The van der Waals surface area contributed by atoms with Crippen molar-refractivity contribution in [3.05, 3.63) is 0 Å². The highest BCUT2D eigenvalue weighted by atomic mass is 16.7. The second-order valence-corrected chi connectivity index (χ2v) is 6.31. The van der Waals surface area contributed by atoms with Crippen molar-refractivity contribution in [3.8, 4) is 0 Å². The Morgan fingerprint density at radius 2 is 1.95 bits per heavy atom. The molecule has 3 fully saturated rings. The number of aliphatic hydroxyl groups excluding tert-OH is 1. The molecule has 3 aliphatic rings. The van der Waals surface area contributed by atoms with Gasteiger partial charge in [0.2, 0.25) is 0 Å². The Balaban J connectivity index is 1.68. The molecule has 2 saturated carbocycles. The molecule has 0 radical (unpaired) electrons. The molecule has 1 heterocycles. The van der Waals surface area contributed by atoms with E-state index >= 15 is 0 Å². The van der Waals surface area contributed by atoms with E-state index in [1.54, 1.807) is 0 Å². The highest BCUT2D eigenvalue weighted by Crippen LogP contribution is 2.41. The summed E-state index contributed by atoms with van der Waals surface area (Å²) >= 11 is 0. The Kier molecular flexibility index (Phi) is 4.13.